The van der Waals surface area contributed by atoms with Crippen molar-refractivity contribution in [2.24, 2.45) is 5.16 Å². The molecule has 2 unspecified atom stereocenters. The molecule has 0 saturated carbocycles. The molecule has 0 radical (unpaired) electrons. The third kappa shape index (κ3) is 3.40. The lowest BCUT2D eigenvalue weighted by atomic mass is 9.80. The lowest BCUT2D eigenvalue weighted by Crippen LogP contribution is -2.13. The Morgan fingerprint density at radius 2 is 1.68 bits per heavy atom. The van der Waals surface area contributed by atoms with Crippen LogP contribution < -0.4 is 4.90 Å². The van der Waals surface area contributed by atoms with E-state index >= 15 is 0 Å². The molecule has 0 N–H and O–H groups in total. The zero-order valence-corrected chi connectivity index (χ0v) is 16.7. The Balaban J connectivity index is 1.87. The van der Waals surface area contributed by atoms with Crippen LogP contribution in [0.3, 0.4) is 0 Å². The number of hydrogen-bond donors (Lipinski definition) is 0. The van der Waals surface area contributed by atoms with E-state index in [-0.39, 0.29) is 0 Å². The Morgan fingerprint density at radius 1 is 0.929 bits per heavy atom. The molecule has 0 aromatic heterocycles. The maximum absolute atomic E-state index is 5.00. The lowest BCUT2D eigenvalue weighted by Gasteiger charge is -2.24. The predicted octanol–water partition coefficient (Wildman–Crippen LogP) is 5.20. The number of oxime groups is 1. The molecule has 0 fully saturated rings. The predicted molar refractivity (Wildman–Crippen MR) is 117 cm³/mol. The second-order valence-electron chi connectivity index (χ2n) is 7.52. The van der Waals surface area contributed by atoms with Crippen molar-refractivity contribution in [2.75, 3.05) is 26.1 Å². The molecule has 4 rings (SSSR count). The average molecular weight is 370 g/mol. The van der Waals surface area contributed by atoms with E-state index in [0.29, 0.717) is 11.8 Å². The fourth-order valence-corrected chi connectivity index (χ4v) is 4.33. The van der Waals surface area contributed by atoms with Crippen LogP contribution in [-0.4, -0.2) is 27.4 Å². The van der Waals surface area contributed by atoms with Crippen LogP contribution in [0.15, 0.2) is 78.0 Å². The summed E-state index contributed by atoms with van der Waals surface area (Å²) in [6, 6.07) is 26.4. The summed E-state index contributed by atoms with van der Waals surface area (Å²) in [5.41, 5.74) is 7.80. The van der Waals surface area contributed by atoms with Gasteiger partial charge in [-0.15, -0.1) is 0 Å². The van der Waals surface area contributed by atoms with Crippen molar-refractivity contribution < 1.29 is 4.84 Å². The van der Waals surface area contributed by atoms with Crippen LogP contribution in [0.2, 0.25) is 0 Å². The topological polar surface area (TPSA) is 24.8 Å². The largest absolute Gasteiger partial charge is 0.399 e. The number of anilines is 1. The molecule has 28 heavy (non-hydrogen) atoms. The molecule has 2 atom stereocenters. The third-order valence-electron chi connectivity index (χ3n) is 5.68. The van der Waals surface area contributed by atoms with Gasteiger partial charge in [0.05, 0.1) is 6.21 Å². The van der Waals surface area contributed by atoms with Crippen LogP contribution in [0.5, 0.6) is 0 Å². The van der Waals surface area contributed by atoms with Gasteiger partial charge in [-0.3, -0.25) is 0 Å². The minimum Gasteiger partial charge on any atom is -0.399 e. The lowest BCUT2D eigenvalue weighted by molar-refractivity contribution is 0.215. The molecule has 3 heteroatoms. The Morgan fingerprint density at radius 3 is 2.43 bits per heavy atom. The van der Waals surface area contributed by atoms with E-state index < -0.39 is 0 Å². The van der Waals surface area contributed by atoms with Gasteiger partial charge in [0.25, 0.3) is 0 Å². The SMILES string of the molecule is CON=Cc1cc(N(C)C)ccc1C1c2ccccc2CC1c1ccccc1. The van der Waals surface area contributed by atoms with Gasteiger partial charge in [0.1, 0.15) is 7.11 Å². The van der Waals surface area contributed by atoms with Gasteiger partial charge in [-0.25, -0.2) is 0 Å². The van der Waals surface area contributed by atoms with Gasteiger partial charge in [0.15, 0.2) is 0 Å². The van der Waals surface area contributed by atoms with Gasteiger partial charge < -0.3 is 9.74 Å². The van der Waals surface area contributed by atoms with Crippen LogP contribution in [0.4, 0.5) is 5.69 Å². The molecule has 1 aliphatic rings. The molecule has 0 heterocycles. The number of benzene rings is 3. The number of fused-ring (bicyclic) bond motifs is 1. The van der Waals surface area contributed by atoms with Crippen molar-refractivity contribution in [2.45, 2.75) is 18.3 Å². The van der Waals surface area contributed by atoms with Gasteiger partial charge in [-0.05, 0) is 46.7 Å². The second kappa shape index (κ2) is 7.89. The van der Waals surface area contributed by atoms with E-state index in [1.807, 2.05) is 6.21 Å². The molecule has 0 spiro atoms. The first kappa shape index (κ1) is 18.3. The number of hydrogen-bond acceptors (Lipinski definition) is 3. The molecule has 3 aromatic rings. The molecule has 0 bridgehead atoms. The number of nitrogens with zero attached hydrogens (tertiary/aromatic N) is 2. The fourth-order valence-electron chi connectivity index (χ4n) is 4.33. The van der Waals surface area contributed by atoms with Crippen LogP contribution in [-0.2, 0) is 11.3 Å². The molecule has 142 valence electrons. The van der Waals surface area contributed by atoms with E-state index in [4.69, 9.17) is 4.84 Å². The highest BCUT2D eigenvalue weighted by molar-refractivity contribution is 5.84. The Kier molecular flexibility index (Phi) is 5.16. The second-order valence-corrected chi connectivity index (χ2v) is 7.52. The summed E-state index contributed by atoms with van der Waals surface area (Å²) in [6.45, 7) is 0. The first-order valence-electron chi connectivity index (χ1n) is 9.69. The Labute approximate surface area is 167 Å². The average Bonchev–Trinajstić information content (AvgIpc) is 3.12. The van der Waals surface area contributed by atoms with Crippen molar-refractivity contribution in [1.29, 1.82) is 0 Å². The van der Waals surface area contributed by atoms with Crippen molar-refractivity contribution >= 4 is 11.9 Å². The molecular formula is C25H26N2O. The number of rotatable bonds is 5. The summed E-state index contributed by atoms with van der Waals surface area (Å²) in [5.74, 6) is 0.714. The maximum Gasteiger partial charge on any atom is 0.106 e. The van der Waals surface area contributed by atoms with E-state index in [2.05, 4.69) is 96.9 Å². The summed E-state index contributed by atoms with van der Waals surface area (Å²) in [6.07, 6.45) is 2.90. The van der Waals surface area contributed by atoms with Crippen LogP contribution in [0.1, 0.15) is 39.7 Å². The van der Waals surface area contributed by atoms with Crippen molar-refractivity contribution in [3.63, 3.8) is 0 Å². The standard InChI is InChI=1S/C25H26N2O/c1-27(2)21-13-14-23(20(15-21)17-26-28-3)25-22-12-8-7-11-19(22)16-24(25)18-9-5-4-6-10-18/h4-15,17,24-25H,16H2,1-3H3. The maximum atomic E-state index is 5.00. The summed E-state index contributed by atoms with van der Waals surface area (Å²) in [5, 5.41) is 4.08. The molecule has 1 aliphatic carbocycles. The summed E-state index contributed by atoms with van der Waals surface area (Å²) in [4.78, 5) is 7.12. The van der Waals surface area contributed by atoms with Crippen LogP contribution >= 0.6 is 0 Å². The normalized spacial score (nSPS) is 18.2. The highest BCUT2D eigenvalue weighted by Gasteiger charge is 2.35. The fraction of sp³-hybridized carbons (Fsp3) is 0.240. The van der Waals surface area contributed by atoms with Gasteiger partial charge in [-0.2, -0.15) is 0 Å². The van der Waals surface area contributed by atoms with Crippen molar-refractivity contribution in [3.05, 3.63) is 101 Å². The summed E-state index contributed by atoms with van der Waals surface area (Å²) >= 11 is 0. The van der Waals surface area contributed by atoms with Gasteiger partial charge in [-0.1, -0.05) is 65.8 Å². The highest BCUT2D eigenvalue weighted by Crippen LogP contribution is 2.48. The van der Waals surface area contributed by atoms with Crippen molar-refractivity contribution in [3.8, 4) is 0 Å². The Bertz CT molecular complexity index is 979. The zero-order chi connectivity index (χ0) is 19.5. The van der Waals surface area contributed by atoms with Crippen LogP contribution in [0.25, 0.3) is 0 Å². The third-order valence-corrected chi connectivity index (χ3v) is 5.68. The molecule has 0 amide bonds. The minimum atomic E-state index is 0.299. The first-order valence-corrected chi connectivity index (χ1v) is 9.69. The molecule has 3 nitrogen and oxygen atoms in total. The van der Waals surface area contributed by atoms with E-state index in [1.165, 1.54) is 22.3 Å². The smallest absolute Gasteiger partial charge is 0.106 e. The van der Waals surface area contributed by atoms with E-state index in [1.54, 1.807) is 7.11 Å². The zero-order valence-electron chi connectivity index (χ0n) is 16.7. The van der Waals surface area contributed by atoms with Crippen molar-refractivity contribution in [1.82, 2.24) is 0 Å². The minimum absolute atomic E-state index is 0.299. The van der Waals surface area contributed by atoms with Gasteiger partial charge in [0, 0.05) is 31.3 Å². The van der Waals surface area contributed by atoms with E-state index in [9.17, 15) is 0 Å². The molecule has 3 aromatic carbocycles. The molecule has 0 aliphatic heterocycles. The first-order chi connectivity index (χ1) is 13.7. The molecule has 0 saturated heterocycles. The molecular weight excluding hydrogens is 344 g/mol. The van der Waals surface area contributed by atoms with Gasteiger partial charge >= 0.3 is 0 Å². The quantitative estimate of drug-likeness (QED) is 0.455. The summed E-state index contributed by atoms with van der Waals surface area (Å²) in [7, 11) is 5.71. The van der Waals surface area contributed by atoms with Gasteiger partial charge in [0.2, 0.25) is 0 Å². The van der Waals surface area contributed by atoms with Crippen LogP contribution in [0, 0.1) is 0 Å². The van der Waals surface area contributed by atoms with E-state index in [0.717, 1.165) is 17.7 Å². The highest BCUT2D eigenvalue weighted by atomic mass is 16.6. The Hall–Kier alpha value is -3.07. The monoisotopic (exact) mass is 370 g/mol. The summed E-state index contributed by atoms with van der Waals surface area (Å²) < 4.78 is 0.